The number of carbonyl (C=O) groups is 2. The molecule has 1 atom stereocenters. The first-order valence-electron chi connectivity index (χ1n) is 8.85. The molecule has 0 aromatic heterocycles. The zero-order valence-corrected chi connectivity index (χ0v) is 15.6. The van der Waals surface area contributed by atoms with Crippen molar-refractivity contribution < 1.29 is 9.59 Å². The van der Waals surface area contributed by atoms with Gasteiger partial charge in [0.25, 0.3) is 0 Å². The fraction of sp³-hybridized carbons (Fsp3) is 0.333. The Kier molecular flexibility index (Phi) is 5.38. The lowest BCUT2D eigenvalue weighted by Crippen LogP contribution is -2.54. The largest absolute Gasteiger partial charge is 0.330 e. The first kappa shape index (κ1) is 18.1. The summed E-state index contributed by atoms with van der Waals surface area (Å²) in [6, 6.07) is 17.1. The molecule has 5 heteroatoms. The molecule has 0 N–H and O–H groups in total. The van der Waals surface area contributed by atoms with Crippen LogP contribution in [-0.2, 0) is 9.59 Å². The molecule has 1 saturated heterocycles. The second kappa shape index (κ2) is 7.70. The monoisotopic (exact) mass is 351 g/mol. The van der Waals surface area contributed by atoms with Crippen LogP contribution in [0.25, 0.3) is 0 Å². The zero-order chi connectivity index (χ0) is 18.7. The number of nitrogens with zero attached hydrogens (tertiary/aromatic N) is 3. The molecule has 2 aromatic carbocycles. The van der Waals surface area contributed by atoms with Gasteiger partial charge in [0.2, 0.25) is 11.8 Å². The zero-order valence-electron chi connectivity index (χ0n) is 15.6. The van der Waals surface area contributed by atoms with E-state index in [2.05, 4.69) is 0 Å². The van der Waals surface area contributed by atoms with Crippen molar-refractivity contribution in [2.75, 3.05) is 38.6 Å². The summed E-state index contributed by atoms with van der Waals surface area (Å²) in [7, 11) is 3.80. The topological polar surface area (TPSA) is 43.9 Å². The van der Waals surface area contributed by atoms with Crippen LogP contribution >= 0.6 is 0 Å². The third-order valence-electron chi connectivity index (χ3n) is 4.83. The highest BCUT2D eigenvalue weighted by Gasteiger charge is 2.34. The molecular formula is C21H25N3O2. The average Bonchev–Trinajstić information content (AvgIpc) is 2.64. The summed E-state index contributed by atoms with van der Waals surface area (Å²) in [6.07, 6.45) is 0. The van der Waals surface area contributed by atoms with Crippen LogP contribution in [-0.4, -0.2) is 55.3 Å². The Balaban J connectivity index is 1.78. The summed E-state index contributed by atoms with van der Waals surface area (Å²) in [5.41, 5.74) is 2.95. The normalized spacial score (nSPS) is 16.1. The number of carbonyl (C=O) groups excluding carboxylic acids is 2. The molecule has 1 heterocycles. The van der Waals surface area contributed by atoms with Crippen LogP contribution in [0, 0.1) is 6.92 Å². The summed E-state index contributed by atoms with van der Waals surface area (Å²) in [4.78, 5) is 31.2. The number of para-hydroxylation sites is 1. The van der Waals surface area contributed by atoms with Gasteiger partial charge in [-0.25, -0.2) is 0 Å². The van der Waals surface area contributed by atoms with Crippen LogP contribution in [0.4, 0.5) is 5.69 Å². The van der Waals surface area contributed by atoms with Crippen LogP contribution in [0.5, 0.6) is 0 Å². The van der Waals surface area contributed by atoms with E-state index in [-0.39, 0.29) is 24.4 Å². The molecule has 1 fully saturated rings. The molecule has 0 aliphatic carbocycles. The molecule has 5 nitrogen and oxygen atoms in total. The number of hydrogen-bond acceptors (Lipinski definition) is 3. The first-order chi connectivity index (χ1) is 12.5. The van der Waals surface area contributed by atoms with Gasteiger partial charge in [0, 0.05) is 18.8 Å². The number of anilines is 1. The summed E-state index contributed by atoms with van der Waals surface area (Å²) >= 11 is 0. The maximum absolute atomic E-state index is 13.2. The summed E-state index contributed by atoms with van der Waals surface area (Å²) in [5.74, 6) is -0.0662. The van der Waals surface area contributed by atoms with Crippen molar-refractivity contribution in [3.05, 3.63) is 65.7 Å². The van der Waals surface area contributed by atoms with Gasteiger partial charge in [-0.2, -0.15) is 0 Å². The van der Waals surface area contributed by atoms with Crippen LogP contribution in [0.3, 0.4) is 0 Å². The third kappa shape index (κ3) is 3.63. The van der Waals surface area contributed by atoms with Crippen molar-refractivity contribution in [1.29, 1.82) is 0 Å². The molecule has 2 aromatic rings. The number of amides is 2. The lowest BCUT2D eigenvalue weighted by Gasteiger charge is -2.37. The minimum absolute atomic E-state index is 0.0228. The Hall–Kier alpha value is -2.66. The van der Waals surface area contributed by atoms with Crippen molar-refractivity contribution >= 4 is 17.5 Å². The second-order valence-corrected chi connectivity index (χ2v) is 6.86. The first-order valence-corrected chi connectivity index (χ1v) is 8.85. The quantitative estimate of drug-likeness (QED) is 0.850. The fourth-order valence-corrected chi connectivity index (χ4v) is 3.44. The van der Waals surface area contributed by atoms with Gasteiger partial charge < -0.3 is 9.80 Å². The number of piperazine rings is 1. The number of likely N-dealkylation sites (N-methyl/N-ethyl adjacent to an activating group) is 1. The molecule has 0 radical (unpaired) electrons. The van der Waals surface area contributed by atoms with E-state index in [0.29, 0.717) is 13.1 Å². The van der Waals surface area contributed by atoms with Gasteiger partial charge in [-0.3, -0.25) is 14.5 Å². The van der Waals surface area contributed by atoms with Crippen molar-refractivity contribution in [3.8, 4) is 0 Å². The molecular weight excluding hydrogens is 326 g/mol. The van der Waals surface area contributed by atoms with E-state index >= 15 is 0 Å². The van der Waals surface area contributed by atoms with Crippen LogP contribution in [0.15, 0.2) is 54.6 Å². The Bertz CT molecular complexity index is 789. The van der Waals surface area contributed by atoms with E-state index in [1.165, 1.54) is 0 Å². The van der Waals surface area contributed by atoms with Gasteiger partial charge in [0.05, 0.1) is 0 Å². The summed E-state index contributed by atoms with van der Waals surface area (Å²) in [5, 5.41) is 0. The smallest absolute Gasteiger partial charge is 0.246 e. The molecule has 3 rings (SSSR count). The summed E-state index contributed by atoms with van der Waals surface area (Å²) in [6.45, 7) is 3.18. The standard InChI is InChI=1S/C21H25N3O2/c1-16-9-7-8-12-18(16)20(22(2)3)21(26)23-13-14-24(19(25)15-23)17-10-5-4-6-11-17/h4-12,20H,13-15H2,1-3H3/t20-/m1/s1. The van der Waals surface area contributed by atoms with Crippen molar-refractivity contribution in [3.63, 3.8) is 0 Å². The lowest BCUT2D eigenvalue weighted by atomic mass is 9.99. The average molecular weight is 351 g/mol. The van der Waals surface area contributed by atoms with Crippen molar-refractivity contribution in [2.45, 2.75) is 13.0 Å². The van der Waals surface area contributed by atoms with E-state index in [9.17, 15) is 9.59 Å². The number of benzene rings is 2. The third-order valence-corrected chi connectivity index (χ3v) is 4.83. The van der Waals surface area contributed by atoms with Crippen LogP contribution in [0.2, 0.25) is 0 Å². The maximum Gasteiger partial charge on any atom is 0.246 e. The van der Waals surface area contributed by atoms with Gasteiger partial charge in [-0.1, -0.05) is 42.5 Å². The van der Waals surface area contributed by atoms with Crippen LogP contribution in [0.1, 0.15) is 17.2 Å². The Labute approximate surface area is 154 Å². The second-order valence-electron chi connectivity index (χ2n) is 6.86. The van der Waals surface area contributed by atoms with Gasteiger partial charge in [0.1, 0.15) is 12.6 Å². The Morgan fingerprint density at radius 2 is 1.65 bits per heavy atom. The van der Waals surface area contributed by atoms with Crippen LogP contribution < -0.4 is 4.90 Å². The Morgan fingerprint density at radius 1 is 1.00 bits per heavy atom. The predicted molar refractivity (Wildman–Crippen MR) is 103 cm³/mol. The fourth-order valence-electron chi connectivity index (χ4n) is 3.44. The number of hydrogen-bond donors (Lipinski definition) is 0. The minimum Gasteiger partial charge on any atom is -0.330 e. The molecule has 0 saturated carbocycles. The highest BCUT2D eigenvalue weighted by molar-refractivity contribution is 5.98. The van der Waals surface area contributed by atoms with E-state index < -0.39 is 0 Å². The number of aryl methyl sites for hydroxylation is 1. The SMILES string of the molecule is Cc1ccccc1[C@H](C(=O)N1CCN(c2ccccc2)C(=O)C1)N(C)C. The molecule has 0 bridgehead atoms. The van der Waals surface area contributed by atoms with Gasteiger partial charge >= 0.3 is 0 Å². The molecule has 0 spiro atoms. The van der Waals surface area contributed by atoms with Gasteiger partial charge in [-0.05, 0) is 44.3 Å². The highest BCUT2D eigenvalue weighted by atomic mass is 16.2. The Morgan fingerprint density at radius 3 is 2.27 bits per heavy atom. The van der Waals surface area contributed by atoms with Gasteiger partial charge in [0.15, 0.2) is 0 Å². The number of rotatable bonds is 4. The lowest BCUT2D eigenvalue weighted by molar-refractivity contribution is -0.141. The molecule has 136 valence electrons. The van der Waals surface area contributed by atoms with E-state index in [4.69, 9.17) is 0 Å². The molecule has 1 aliphatic heterocycles. The summed E-state index contributed by atoms with van der Waals surface area (Å²) < 4.78 is 0. The molecule has 0 unspecified atom stereocenters. The molecule has 2 amide bonds. The highest BCUT2D eigenvalue weighted by Crippen LogP contribution is 2.25. The molecule has 26 heavy (non-hydrogen) atoms. The maximum atomic E-state index is 13.2. The van der Waals surface area contributed by atoms with Crippen molar-refractivity contribution in [1.82, 2.24) is 9.80 Å². The molecule has 1 aliphatic rings. The van der Waals surface area contributed by atoms with E-state index in [1.807, 2.05) is 80.5 Å². The van der Waals surface area contributed by atoms with Crippen molar-refractivity contribution in [2.24, 2.45) is 0 Å². The predicted octanol–water partition coefficient (Wildman–Crippen LogP) is 2.47. The van der Waals surface area contributed by atoms with E-state index in [0.717, 1.165) is 16.8 Å². The van der Waals surface area contributed by atoms with Gasteiger partial charge in [-0.15, -0.1) is 0 Å². The van der Waals surface area contributed by atoms with E-state index in [1.54, 1.807) is 9.80 Å². The minimum atomic E-state index is -0.382.